The molecule has 1 aromatic carbocycles. The Labute approximate surface area is 112 Å². The predicted octanol–water partition coefficient (Wildman–Crippen LogP) is 2.94. The van der Waals surface area contributed by atoms with Crippen LogP contribution in [0.15, 0.2) is 30.3 Å². The number of rotatable bonds is 10. The van der Waals surface area contributed by atoms with E-state index in [1.165, 1.54) is 37.9 Å². The minimum Gasteiger partial charge on any atom is -0.317 e. The van der Waals surface area contributed by atoms with Crippen molar-refractivity contribution in [3.05, 3.63) is 35.9 Å². The second kappa shape index (κ2) is 10.1. The van der Waals surface area contributed by atoms with Gasteiger partial charge in [0.05, 0.1) is 0 Å². The molecule has 1 aromatic rings. The molecule has 0 aromatic heterocycles. The molecule has 0 unspecified atom stereocenters. The number of hydrogen-bond donors (Lipinski definition) is 1. The van der Waals surface area contributed by atoms with Crippen LogP contribution in [0.4, 0.5) is 0 Å². The van der Waals surface area contributed by atoms with Gasteiger partial charge in [0.25, 0.3) is 0 Å². The van der Waals surface area contributed by atoms with Gasteiger partial charge in [-0.15, -0.1) is 0 Å². The van der Waals surface area contributed by atoms with E-state index >= 15 is 0 Å². The van der Waals surface area contributed by atoms with Gasteiger partial charge in [-0.3, -0.25) is 0 Å². The molecule has 0 aliphatic carbocycles. The number of nitrogens with zero attached hydrogens (tertiary/aromatic N) is 1. The maximum atomic E-state index is 3.45. The van der Waals surface area contributed by atoms with Crippen molar-refractivity contribution >= 4 is 0 Å². The third-order valence-electron chi connectivity index (χ3n) is 3.20. The molecule has 0 aliphatic heterocycles. The van der Waals surface area contributed by atoms with Crippen LogP contribution >= 0.6 is 0 Å². The monoisotopic (exact) mass is 248 g/mol. The molecule has 2 nitrogen and oxygen atoms in total. The standard InChI is InChI=1S/C16H28N2/c1-3-12-17-13-7-8-14-18(2)15-11-16-9-5-4-6-10-16/h4-6,9-10,17H,3,7-8,11-15H2,1-2H3. The number of benzene rings is 1. The van der Waals surface area contributed by atoms with E-state index in [0.29, 0.717) is 0 Å². The first-order chi connectivity index (χ1) is 8.83. The lowest BCUT2D eigenvalue weighted by atomic mass is 10.1. The molecule has 0 bridgehead atoms. The highest BCUT2D eigenvalue weighted by molar-refractivity contribution is 5.14. The van der Waals surface area contributed by atoms with Gasteiger partial charge < -0.3 is 10.2 Å². The summed E-state index contributed by atoms with van der Waals surface area (Å²) in [5, 5.41) is 3.45. The third-order valence-corrected chi connectivity index (χ3v) is 3.20. The highest BCUT2D eigenvalue weighted by Gasteiger charge is 1.99. The van der Waals surface area contributed by atoms with Crippen molar-refractivity contribution in [2.45, 2.75) is 32.6 Å². The van der Waals surface area contributed by atoms with Crippen molar-refractivity contribution in [1.29, 1.82) is 0 Å². The summed E-state index contributed by atoms with van der Waals surface area (Å²) in [4.78, 5) is 2.44. The average Bonchev–Trinajstić information content (AvgIpc) is 2.41. The summed E-state index contributed by atoms with van der Waals surface area (Å²) >= 11 is 0. The summed E-state index contributed by atoms with van der Waals surface area (Å²) in [6.45, 7) is 6.90. The Kier molecular flexibility index (Phi) is 8.53. The Morgan fingerprint density at radius 1 is 1.00 bits per heavy atom. The van der Waals surface area contributed by atoms with E-state index in [1.54, 1.807) is 0 Å². The second-order valence-electron chi connectivity index (χ2n) is 5.00. The Hall–Kier alpha value is -0.860. The van der Waals surface area contributed by atoms with Crippen molar-refractivity contribution in [2.24, 2.45) is 0 Å². The molecule has 0 saturated carbocycles. The van der Waals surface area contributed by atoms with Crippen molar-refractivity contribution in [3.63, 3.8) is 0 Å². The fraction of sp³-hybridized carbons (Fsp3) is 0.625. The van der Waals surface area contributed by atoms with Gasteiger partial charge in [-0.05, 0) is 57.9 Å². The number of likely N-dealkylation sites (N-methyl/N-ethyl adjacent to an activating group) is 1. The Bertz CT molecular complexity index is 284. The maximum Gasteiger partial charge on any atom is 0.00188 e. The normalized spacial score (nSPS) is 11.1. The lowest BCUT2D eigenvalue weighted by Gasteiger charge is -2.16. The molecule has 0 saturated heterocycles. The quantitative estimate of drug-likeness (QED) is 0.640. The van der Waals surface area contributed by atoms with Crippen LogP contribution in [0.2, 0.25) is 0 Å². The summed E-state index contributed by atoms with van der Waals surface area (Å²) in [6, 6.07) is 10.7. The van der Waals surface area contributed by atoms with Crippen LogP contribution in [0.1, 0.15) is 31.7 Å². The van der Waals surface area contributed by atoms with Crippen molar-refractivity contribution in [2.75, 3.05) is 33.2 Å². The van der Waals surface area contributed by atoms with Crippen LogP contribution in [0.25, 0.3) is 0 Å². The van der Waals surface area contributed by atoms with Crippen LogP contribution in [0.5, 0.6) is 0 Å². The minimum absolute atomic E-state index is 1.16. The van der Waals surface area contributed by atoms with Gasteiger partial charge in [0.15, 0.2) is 0 Å². The molecule has 0 amide bonds. The molecule has 0 aliphatic rings. The largest absolute Gasteiger partial charge is 0.317 e. The molecular formula is C16H28N2. The molecule has 0 spiro atoms. The van der Waals surface area contributed by atoms with Gasteiger partial charge in [0, 0.05) is 6.54 Å². The van der Waals surface area contributed by atoms with E-state index in [-0.39, 0.29) is 0 Å². The summed E-state index contributed by atoms with van der Waals surface area (Å²) in [5.74, 6) is 0. The van der Waals surface area contributed by atoms with Crippen LogP contribution < -0.4 is 5.32 Å². The van der Waals surface area contributed by atoms with Crippen LogP contribution in [-0.2, 0) is 6.42 Å². The highest BCUT2D eigenvalue weighted by Crippen LogP contribution is 2.01. The Balaban J connectivity index is 1.99. The summed E-state index contributed by atoms with van der Waals surface area (Å²) in [6.07, 6.45) is 4.97. The zero-order chi connectivity index (χ0) is 13.1. The van der Waals surface area contributed by atoms with E-state index in [9.17, 15) is 0 Å². The maximum absolute atomic E-state index is 3.45. The number of nitrogens with one attached hydrogen (secondary N) is 1. The fourth-order valence-corrected chi connectivity index (χ4v) is 2.01. The van der Waals surface area contributed by atoms with Gasteiger partial charge in [0.1, 0.15) is 0 Å². The van der Waals surface area contributed by atoms with E-state index in [0.717, 1.165) is 19.5 Å². The zero-order valence-electron chi connectivity index (χ0n) is 12.0. The molecular weight excluding hydrogens is 220 g/mol. The Morgan fingerprint density at radius 3 is 2.50 bits per heavy atom. The van der Waals surface area contributed by atoms with Crippen LogP contribution in [0.3, 0.4) is 0 Å². The molecule has 102 valence electrons. The first-order valence-electron chi connectivity index (χ1n) is 7.26. The van der Waals surface area contributed by atoms with E-state index < -0.39 is 0 Å². The number of unbranched alkanes of at least 4 members (excludes halogenated alkanes) is 1. The molecule has 1 rings (SSSR count). The number of hydrogen-bond acceptors (Lipinski definition) is 2. The minimum atomic E-state index is 1.16. The SMILES string of the molecule is CCCNCCCCN(C)CCc1ccccc1. The fourth-order valence-electron chi connectivity index (χ4n) is 2.01. The molecule has 0 radical (unpaired) electrons. The molecule has 1 N–H and O–H groups in total. The lowest BCUT2D eigenvalue weighted by Crippen LogP contribution is -2.23. The van der Waals surface area contributed by atoms with Crippen LogP contribution in [0, 0.1) is 0 Å². The highest BCUT2D eigenvalue weighted by atomic mass is 15.1. The van der Waals surface area contributed by atoms with Gasteiger partial charge in [-0.2, -0.15) is 0 Å². The van der Waals surface area contributed by atoms with Gasteiger partial charge >= 0.3 is 0 Å². The summed E-state index contributed by atoms with van der Waals surface area (Å²) in [5.41, 5.74) is 1.44. The van der Waals surface area contributed by atoms with Gasteiger partial charge in [-0.1, -0.05) is 37.3 Å². The Morgan fingerprint density at radius 2 is 1.78 bits per heavy atom. The van der Waals surface area contributed by atoms with Crippen molar-refractivity contribution in [1.82, 2.24) is 10.2 Å². The molecule has 0 heterocycles. The molecule has 2 heteroatoms. The van der Waals surface area contributed by atoms with Gasteiger partial charge in [-0.25, -0.2) is 0 Å². The lowest BCUT2D eigenvalue weighted by molar-refractivity contribution is 0.329. The second-order valence-corrected chi connectivity index (χ2v) is 5.00. The first-order valence-corrected chi connectivity index (χ1v) is 7.26. The topological polar surface area (TPSA) is 15.3 Å². The molecule has 18 heavy (non-hydrogen) atoms. The third kappa shape index (κ3) is 7.46. The van der Waals surface area contributed by atoms with Crippen molar-refractivity contribution in [3.8, 4) is 0 Å². The summed E-state index contributed by atoms with van der Waals surface area (Å²) in [7, 11) is 2.22. The van der Waals surface area contributed by atoms with E-state index in [1.807, 2.05) is 0 Å². The van der Waals surface area contributed by atoms with E-state index in [4.69, 9.17) is 0 Å². The van der Waals surface area contributed by atoms with Crippen LogP contribution in [-0.4, -0.2) is 38.1 Å². The average molecular weight is 248 g/mol. The predicted molar refractivity (Wildman–Crippen MR) is 80.0 cm³/mol. The van der Waals surface area contributed by atoms with Gasteiger partial charge in [0.2, 0.25) is 0 Å². The van der Waals surface area contributed by atoms with E-state index in [2.05, 4.69) is 54.5 Å². The molecule has 0 atom stereocenters. The molecule has 0 fully saturated rings. The van der Waals surface area contributed by atoms with Crippen molar-refractivity contribution < 1.29 is 0 Å². The smallest absolute Gasteiger partial charge is 0.00188 e. The summed E-state index contributed by atoms with van der Waals surface area (Å²) < 4.78 is 0. The zero-order valence-corrected chi connectivity index (χ0v) is 12.0. The first kappa shape index (κ1) is 15.2.